The Morgan fingerprint density at radius 1 is 1.00 bits per heavy atom. The van der Waals surface area contributed by atoms with Crippen LogP contribution < -0.4 is 15.1 Å². The number of halogens is 3. The van der Waals surface area contributed by atoms with Crippen LogP contribution in [0, 0.1) is 5.82 Å². The summed E-state index contributed by atoms with van der Waals surface area (Å²) in [5.74, 6) is -3.63. The van der Waals surface area contributed by atoms with Crippen molar-refractivity contribution >= 4 is 5.69 Å². The molecule has 2 aromatic carbocycles. The molecule has 33 heavy (non-hydrogen) atoms. The second kappa shape index (κ2) is 7.80. The van der Waals surface area contributed by atoms with Gasteiger partial charge in [0.2, 0.25) is 0 Å². The maximum Gasteiger partial charge on any atom is 0.282 e. The van der Waals surface area contributed by atoms with E-state index in [1.54, 1.807) is 16.8 Å². The van der Waals surface area contributed by atoms with Crippen molar-refractivity contribution in [3.05, 3.63) is 83.0 Å². The summed E-state index contributed by atoms with van der Waals surface area (Å²) in [6.45, 7) is -1.12. The number of hydrogen-bond donors (Lipinski definition) is 0. The Kier molecular flexibility index (Phi) is 4.92. The maximum atomic E-state index is 15.4. The van der Waals surface area contributed by atoms with Crippen molar-refractivity contribution in [3.8, 4) is 28.5 Å². The zero-order valence-corrected chi connectivity index (χ0v) is 17.5. The van der Waals surface area contributed by atoms with Gasteiger partial charge in [0.1, 0.15) is 5.69 Å². The zero-order chi connectivity index (χ0) is 23.2. The van der Waals surface area contributed by atoms with Crippen LogP contribution in [0.2, 0.25) is 0 Å². The van der Waals surface area contributed by atoms with Gasteiger partial charge in [0.15, 0.2) is 17.3 Å². The molecule has 0 saturated carbocycles. The van der Waals surface area contributed by atoms with E-state index in [1.807, 2.05) is 30.3 Å². The van der Waals surface area contributed by atoms with Gasteiger partial charge in [-0.2, -0.15) is 10.2 Å². The minimum atomic E-state index is -2.84. The van der Waals surface area contributed by atoms with Crippen LogP contribution in [0.5, 0.6) is 5.75 Å². The summed E-state index contributed by atoms with van der Waals surface area (Å²) < 4.78 is 49.9. The summed E-state index contributed by atoms with van der Waals surface area (Å²) in [5.41, 5.74) is 0.626. The number of anilines is 1. The quantitative estimate of drug-likeness (QED) is 0.461. The highest BCUT2D eigenvalue weighted by molar-refractivity contribution is 5.61. The first-order chi connectivity index (χ1) is 15.9. The van der Waals surface area contributed by atoms with E-state index in [4.69, 9.17) is 4.74 Å². The van der Waals surface area contributed by atoms with E-state index in [0.29, 0.717) is 11.4 Å². The van der Waals surface area contributed by atoms with Crippen LogP contribution in [-0.4, -0.2) is 45.7 Å². The second-order valence-electron chi connectivity index (χ2n) is 7.61. The first-order valence-electron chi connectivity index (χ1n) is 10.1. The van der Waals surface area contributed by atoms with E-state index < -0.39 is 30.3 Å². The molecule has 2 aromatic heterocycles. The SMILES string of the molecule is COc1cn(-c2cccc(N3CC(F)(F)C3)c2F)nc(-c2ccnn2-c2ccccc2)c1=O. The molecule has 0 spiro atoms. The molecule has 1 fully saturated rings. The van der Waals surface area contributed by atoms with Gasteiger partial charge in [-0.15, -0.1) is 0 Å². The monoisotopic (exact) mass is 453 g/mol. The summed E-state index contributed by atoms with van der Waals surface area (Å²) >= 11 is 0. The van der Waals surface area contributed by atoms with Crippen LogP contribution in [-0.2, 0) is 0 Å². The fourth-order valence-electron chi connectivity index (χ4n) is 3.77. The average Bonchev–Trinajstić information content (AvgIpc) is 3.28. The van der Waals surface area contributed by atoms with Crippen LogP contribution in [0.25, 0.3) is 22.8 Å². The van der Waals surface area contributed by atoms with Crippen molar-refractivity contribution in [3.63, 3.8) is 0 Å². The van der Waals surface area contributed by atoms with Gasteiger partial charge in [-0.1, -0.05) is 24.3 Å². The van der Waals surface area contributed by atoms with Crippen LogP contribution in [0.1, 0.15) is 0 Å². The molecule has 168 valence electrons. The predicted molar refractivity (Wildman–Crippen MR) is 116 cm³/mol. The molecule has 1 aliphatic rings. The lowest BCUT2D eigenvalue weighted by molar-refractivity contribution is -0.0265. The smallest absolute Gasteiger partial charge is 0.282 e. The van der Waals surface area contributed by atoms with E-state index in [9.17, 15) is 13.6 Å². The first-order valence-corrected chi connectivity index (χ1v) is 10.1. The van der Waals surface area contributed by atoms with Crippen LogP contribution >= 0.6 is 0 Å². The van der Waals surface area contributed by atoms with Gasteiger partial charge >= 0.3 is 0 Å². The Morgan fingerprint density at radius 3 is 2.42 bits per heavy atom. The molecule has 10 heteroatoms. The Balaban J connectivity index is 1.64. The number of aromatic nitrogens is 4. The molecule has 7 nitrogen and oxygen atoms in total. The summed E-state index contributed by atoms with van der Waals surface area (Å²) in [4.78, 5) is 14.3. The van der Waals surface area contributed by atoms with Gasteiger partial charge in [-0.05, 0) is 30.3 Å². The van der Waals surface area contributed by atoms with E-state index in [1.165, 1.54) is 41.2 Å². The summed E-state index contributed by atoms with van der Waals surface area (Å²) in [6.07, 6.45) is 2.79. The van der Waals surface area contributed by atoms with Crippen molar-refractivity contribution in [2.45, 2.75) is 5.92 Å². The van der Waals surface area contributed by atoms with Crippen molar-refractivity contribution < 1.29 is 17.9 Å². The minimum absolute atomic E-state index is 0.00371. The summed E-state index contributed by atoms with van der Waals surface area (Å²) in [5, 5.41) is 8.66. The van der Waals surface area contributed by atoms with Crippen molar-refractivity contribution in [2.75, 3.05) is 25.1 Å². The van der Waals surface area contributed by atoms with E-state index in [2.05, 4.69) is 10.2 Å². The van der Waals surface area contributed by atoms with Crippen LogP contribution in [0.4, 0.5) is 18.9 Å². The van der Waals surface area contributed by atoms with Crippen LogP contribution in [0.3, 0.4) is 0 Å². The molecule has 0 amide bonds. The Labute approximate surface area is 186 Å². The lowest BCUT2D eigenvalue weighted by atomic mass is 10.1. The standard InChI is InChI=1S/C23H18F3N5O2/c1-33-19-12-30(17-9-5-8-16(20(17)24)29-13-23(25,26)14-29)28-21(22(19)32)18-10-11-27-31(18)15-6-3-2-4-7-15/h2-12H,13-14H2,1H3. The molecular formula is C23H18F3N5O2. The van der Waals surface area contributed by atoms with Gasteiger partial charge in [-0.3, -0.25) is 4.79 Å². The predicted octanol–water partition coefficient (Wildman–Crippen LogP) is 3.69. The van der Waals surface area contributed by atoms with Crippen LogP contribution in [0.15, 0.2) is 71.8 Å². The molecule has 0 unspecified atom stereocenters. The summed E-state index contributed by atoms with van der Waals surface area (Å²) in [6, 6.07) is 15.2. The molecule has 1 saturated heterocycles. The molecule has 1 aliphatic heterocycles. The minimum Gasteiger partial charge on any atom is -0.491 e. The molecular weight excluding hydrogens is 435 g/mol. The third kappa shape index (κ3) is 3.63. The summed E-state index contributed by atoms with van der Waals surface area (Å²) in [7, 11) is 1.33. The fourth-order valence-corrected chi connectivity index (χ4v) is 3.77. The molecule has 0 N–H and O–H groups in total. The largest absolute Gasteiger partial charge is 0.491 e. The molecule has 0 atom stereocenters. The van der Waals surface area contributed by atoms with E-state index in [-0.39, 0.29) is 22.8 Å². The molecule has 3 heterocycles. The molecule has 5 rings (SSSR count). The van der Waals surface area contributed by atoms with E-state index >= 15 is 4.39 Å². The second-order valence-corrected chi connectivity index (χ2v) is 7.61. The fraction of sp³-hybridized carbons (Fsp3) is 0.174. The first kappa shape index (κ1) is 20.8. The van der Waals surface area contributed by atoms with E-state index in [0.717, 1.165) is 0 Å². The number of methoxy groups -OCH3 is 1. The van der Waals surface area contributed by atoms with Gasteiger partial charge < -0.3 is 9.64 Å². The lowest BCUT2D eigenvalue weighted by Crippen LogP contribution is -2.56. The third-order valence-corrected chi connectivity index (χ3v) is 5.38. The Morgan fingerprint density at radius 2 is 1.73 bits per heavy atom. The molecule has 0 radical (unpaired) electrons. The number of para-hydroxylation sites is 1. The highest BCUT2D eigenvalue weighted by Crippen LogP contribution is 2.35. The van der Waals surface area contributed by atoms with Crippen molar-refractivity contribution in [1.29, 1.82) is 0 Å². The maximum absolute atomic E-state index is 15.4. The number of ether oxygens (including phenoxy) is 1. The number of benzene rings is 2. The highest BCUT2D eigenvalue weighted by Gasteiger charge is 2.45. The Bertz CT molecular complexity index is 1380. The van der Waals surface area contributed by atoms with Gasteiger partial charge in [0.05, 0.1) is 49.7 Å². The number of alkyl halides is 2. The average molecular weight is 453 g/mol. The zero-order valence-electron chi connectivity index (χ0n) is 17.5. The third-order valence-electron chi connectivity index (χ3n) is 5.38. The van der Waals surface area contributed by atoms with Gasteiger partial charge in [0.25, 0.3) is 11.4 Å². The van der Waals surface area contributed by atoms with Gasteiger partial charge in [-0.25, -0.2) is 22.5 Å². The normalized spacial score (nSPS) is 14.7. The van der Waals surface area contributed by atoms with Crippen molar-refractivity contribution in [1.82, 2.24) is 19.6 Å². The number of rotatable bonds is 5. The highest BCUT2D eigenvalue weighted by atomic mass is 19.3. The molecule has 4 aromatic rings. The topological polar surface area (TPSA) is 65.2 Å². The molecule has 0 bridgehead atoms. The van der Waals surface area contributed by atoms with Gasteiger partial charge in [0, 0.05) is 0 Å². The lowest BCUT2D eigenvalue weighted by Gasteiger charge is -2.40. The molecule has 0 aliphatic carbocycles. The number of hydrogen-bond acceptors (Lipinski definition) is 5. The van der Waals surface area contributed by atoms with Crippen molar-refractivity contribution in [2.24, 2.45) is 0 Å². The number of nitrogens with zero attached hydrogens (tertiary/aromatic N) is 5. The Hall–Kier alpha value is -4.08.